The van der Waals surface area contributed by atoms with E-state index in [1.54, 1.807) is 18.3 Å². The van der Waals surface area contributed by atoms with Crippen molar-refractivity contribution in [1.82, 2.24) is 4.98 Å². The number of carbonyl (C=O) groups excluding carboxylic acids is 1. The summed E-state index contributed by atoms with van der Waals surface area (Å²) in [5, 5.41) is 1.44. The molecule has 0 spiro atoms. The van der Waals surface area contributed by atoms with Crippen molar-refractivity contribution in [2.75, 3.05) is 0 Å². The Bertz CT molecular complexity index is 569. The lowest BCUT2D eigenvalue weighted by Crippen LogP contribution is -2.03. The van der Waals surface area contributed by atoms with Crippen LogP contribution in [0, 0.1) is 0 Å². The first kappa shape index (κ1) is 11.2. The van der Waals surface area contributed by atoms with Crippen LogP contribution in [0.1, 0.15) is 6.92 Å². The molecule has 1 heterocycles. The first-order chi connectivity index (χ1) is 7.59. The van der Waals surface area contributed by atoms with Crippen molar-refractivity contribution in [3.05, 3.63) is 34.4 Å². The summed E-state index contributed by atoms with van der Waals surface area (Å²) in [4.78, 5) is 15.1. The van der Waals surface area contributed by atoms with E-state index in [2.05, 4.69) is 4.98 Å². The molecule has 1 aromatic heterocycles. The Hall–Kier alpha value is -1.32. The van der Waals surface area contributed by atoms with Gasteiger partial charge in [-0.15, -0.1) is 0 Å². The summed E-state index contributed by atoms with van der Waals surface area (Å²) in [5.74, 6) is -0.203. The Labute approximate surface area is 102 Å². The van der Waals surface area contributed by atoms with Gasteiger partial charge in [0.15, 0.2) is 5.75 Å². The molecule has 0 amide bonds. The molecule has 2 aromatic rings. The number of aromatic nitrogens is 1. The highest BCUT2D eigenvalue weighted by Gasteiger charge is 2.13. The number of carbonyl (C=O) groups is 1. The molecule has 0 fully saturated rings. The molecular formula is C11H7Cl2NO2. The van der Waals surface area contributed by atoms with Crippen LogP contribution in [0.25, 0.3) is 10.9 Å². The van der Waals surface area contributed by atoms with Crippen LogP contribution in [0.3, 0.4) is 0 Å². The molecule has 0 aliphatic rings. The van der Waals surface area contributed by atoms with E-state index in [9.17, 15) is 4.79 Å². The molecule has 0 unspecified atom stereocenters. The highest BCUT2D eigenvalue weighted by molar-refractivity contribution is 6.39. The van der Waals surface area contributed by atoms with Crippen molar-refractivity contribution < 1.29 is 9.53 Å². The monoisotopic (exact) mass is 255 g/mol. The quantitative estimate of drug-likeness (QED) is 0.579. The largest absolute Gasteiger partial charge is 0.423 e. The minimum absolute atomic E-state index is 0.245. The number of halogens is 2. The van der Waals surface area contributed by atoms with E-state index >= 15 is 0 Å². The molecule has 5 heteroatoms. The number of pyridine rings is 1. The van der Waals surface area contributed by atoms with Gasteiger partial charge in [-0.2, -0.15) is 0 Å². The summed E-state index contributed by atoms with van der Waals surface area (Å²) >= 11 is 12.0. The maximum Gasteiger partial charge on any atom is 0.308 e. The summed E-state index contributed by atoms with van der Waals surface area (Å²) < 4.78 is 5.02. The SMILES string of the molecule is CC(=O)Oc1c(Cl)cc(Cl)c2cccnc12. The molecular weight excluding hydrogens is 249 g/mol. The van der Waals surface area contributed by atoms with Crippen LogP contribution in [0.15, 0.2) is 24.4 Å². The van der Waals surface area contributed by atoms with Crippen LogP contribution in [0.2, 0.25) is 10.0 Å². The third kappa shape index (κ3) is 1.96. The molecule has 0 N–H and O–H groups in total. The van der Waals surface area contributed by atoms with Gasteiger partial charge in [0.1, 0.15) is 5.52 Å². The fourth-order valence-corrected chi connectivity index (χ4v) is 1.94. The third-order valence-electron chi connectivity index (χ3n) is 2.00. The number of fused-ring (bicyclic) bond motifs is 1. The van der Waals surface area contributed by atoms with Crippen molar-refractivity contribution in [3.8, 4) is 5.75 Å². The van der Waals surface area contributed by atoms with E-state index in [0.717, 1.165) is 0 Å². The van der Waals surface area contributed by atoms with Gasteiger partial charge in [-0.05, 0) is 18.2 Å². The van der Waals surface area contributed by atoms with Crippen molar-refractivity contribution in [2.24, 2.45) is 0 Å². The van der Waals surface area contributed by atoms with Crippen LogP contribution in [-0.4, -0.2) is 11.0 Å². The minimum atomic E-state index is -0.448. The normalized spacial score (nSPS) is 10.4. The van der Waals surface area contributed by atoms with E-state index in [4.69, 9.17) is 27.9 Å². The Morgan fingerprint density at radius 1 is 1.38 bits per heavy atom. The predicted octanol–water partition coefficient (Wildman–Crippen LogP) is 3.47. The smallest absolute Gasteiger partial charge is 0.308 e. The third-order valence-corrected chi connectivity index (χ3v) is 2.59. The summed E-state index contributed by atoms with van der Waals surface area (Å²) in [5.41, 5.74) is 0.482. The standard InChI is InChI=1S/C11H7Cl2NO2/c1-6(15)16-11-9(13)5-8(12)7-3-2-4-14-10(7)11/h2-5H,1H3. The fourth-order valence-electron chi connectivity index (χ4n) is 1.39. The molecule has 0 radical (unpaired) electrons. The molecule has 1 aromatic carbocycles. The molecule has 0 aliphatic heterocycles. The number of ether oxygens (including phenoxy) is 1. The molecule has 0 saturated carbocycles. The first-order valence-electron chi connectivity index (χ1n) is 4.50. The maximum atomic E-state index is 11.0. The summed E-state index contributed by atoms with van der Waals surface area (Å²) in [7, 11) is 0. The van der Waals surface area contributed by atoms with Crippen molar-refractivity contribution >= 4 is 40.1 Å². The average Bonchev–Trinajstić information content (AvgIpc) is 2.24. The maximum absolute atomic E-state index is 11.0. The summed E-state index contributed by atoms with van der Waals surface area (Å²) in [6.07, 6.45) is 1.59. The lowest BCUT2D eigenvalue weighted by atomic mass is 10.2. The minimum Gasteiger partial charge on any atom is -0.423 e. The topological polar surface area (TPSA) is 39.2 Å². The second kappa shape index (κ2) is 4.28. The van der Waals surface area contributed by atoms with Crippen LogP contribution in [0.5, 0.6) is 5.75 Å². The summed E-state index contributed by atoms with van der Waals surface area (Å²) in [6, 6.07) is 5.07. The zero-order chi connectivity index (χ0) is 11.7. The van der Waals surface area contributed by atoms with Gasteiger partial charge in [0, 0.05) is 18.5 Å². The zero-order valence-electron chi connectivity index (χ0n) is 8.33. The summed E-state index contributed by atoms with van der Waals surface area (Å²) in [6.45, 7) is 1.31. The van der Waals surface area contributed by atoms with Crippen LogP contribution in [0.4, 0.5) is 0 Å². The van der Waals surface area contributed by atoms with Crippen molar-refractivity contribution in [1.29, 1.82) is 0 Å². The van der Waals surface area contributed by atoms with Gasteiger partial charge in [-0.25, -0.2) is 0 Å². The number of esters is 1. The molecule has 0 aliphatic carbocycles. The first-order valence-corrected chi connectivity index (χ1v) is 5.26. The lowest BCUT2D eigenvalue weighted by Gasteiger charge is -2.08. The van der Waals surface area contributed by atoms with Gasteiger partial charge in [0.2, 0.25) is 0 Å². The molecule has 2 rings (SSSR count). The Morgan fingerprint density at radius 2 is 2.12 bits per heavy atom. The molecule has 82 valence electrons. The van der Waals surface area contributed by atoms with Gasteiger partial charge >= 0.3 is 5.97 Å². The number of rotatable bonds is 1. The number of nitrogens with zero attached hydrogens (tertiary/aromatic N) is 1. The van der Waals surface area contributed by atoms with Gasteiger partial charge in [-0.1, -0.05) is 23.2 Å². The van der Waals surface area contributed by atoms with Crippen molar-refractivity contribution in [2.45, 2.75) is 6.92 Å². The lowest BCUT2D eigenvalue weighted by molar-refractivity contribution is -0.131. The average molecular weight is 256 g/mol. The van der Waals surface area contributed by atoms with Gasteiger partial charge in [0.25, 0.3) is 0 Å². The Morgan fingerprint density at radius 3 is 2.81 bits per heavy atom. The predicted molar refractivity (Wildman–Crippen MR) is 63.1 cm³/mol. The van der Waals surface area contributed by atoms with Gasteiger partial charge in [-0.3, -0.25) is 9.78 Å². The van der Waals surface area contributed by atoms with E-state index < -0.39 is 5.97 Å². The van der Waals surface area contributed by atoms with E-state index in [0.29, 0.717) is 15.9 Å². The van der Waals surface area contributed by atoms with E-state index in [-0.39, 0.29) is 10.8 Å². The fraction of sp³-hybridized carbons (Fsp3) is 0.0909. The second-order valence-electron chi connectivity index (χ2n) is 3.16. The van der Waals surface area contributed by atoms with E-state index in [1.807, 2.05) is 0 Å². The van der Waals surface area contributed by atoms with Crippen LogP contribution < -0.4 is 4.74 Å². The van der Waals surface area contributed by atoms with Crippen LogP contribution in [-0.2, 0) is 4.79 Å². The van der Waals surface area contributed by atoms with Gasteiger partial charge in [0.05, 0.1) is 10.0 Å². The van der Waals surface area contributed by atoms with Gasteiger partial charge < -0.3 is 4.74 Å². The molecule has 3 nitrogen and oxygen atoms in total. The van der Waals surface area contributed by atoms with Crippen LogP contribution >= 0.6 is 23.2 Å². The Kier molecular flexibility index (Phi) is 2.99. The highest BCUT2D eigenvalue weighted by atomic mass is 35.5. The number of hydrogen-bond donors (Lipinski definition) is 0. The highest BCUT2D eigenvalue weighted by Crippen LogP contribution is 2.36. The zero-order valence-corrected chi connectivity index (χ0v) is 9.84. The molecule has 0 bridgehead atoms. The van der Waals surface area contributed by atoms with E-state index in [1.165, 1.54) is 13.0 Å². The molecule has 0 atom stereocenters. The number of benzene rings is 1. The molecule has 16 heavy (non-hydrogen) atoms. The number of hydrogen-bond acceptors (Lipinski definition) is 3. The second-order valence-corrected chi connectivity index (χ2v) is 3.98. The van der Waals surface area contributed by atoms with Crippen molar-refractivity contribution in [3.63, 3.8) is 0 Å². The Balaban J connectivity index is 2.76. The molecule has 0 saturated heterocycles.